The number of fused-ring (bicyclic) bond motifs is 3. The van der Waals surface area contributed by atoms with Gasteiger partial charge in [0.25, 0.3) is 0 Å². The predicted octanol–water partition coefficient (Wildman–Crippen LogP) is 3.02. The lowest BCUT2D eigenvalue weighted by molar-refractivity contribution is 0.137. The van der Waals surface area contributed by atoms with Gasteiger partial charge in [-0.2, -0.15) is 0 Å². The molecule has 0 amide bonds. The Labute approximate surface area is 129 Å². The van der Waals surface area contributed by atoms with E-state index in [9.17, 15) is 4.79 Å². The molecule has 2 bridgehead atoms. The Morgan fingerprint density at radius 3 is 2.73 bits per heavy atom. The maximum absolute atomic E-state index is 11.8. The summed E-state index contributed by atoms with van der Waals surface area (Å²) in [5.74, 6) is 0.797. The van der Waals surface area contributed by atoms with Gasteiger partial charge < -0.3 is 14.5 Å². The summed E-state index contributed by atoms with van der Waals surface area (Å²) in [7, 11) is 0. The maximum atomic E-state index is 11.8. The molecule has 2 fully saturated rings. The Bertz CT molecular complexity index is 740. The molecule has 1 N–H and O–H groups in total. The molecule has 1 aromatic carbocycles. The molecule has 22 heavy (non-hydrogen) atoms. The fourth-order valence-corrected chi connectivity index (χ4v) is 3.75. The molecule has 2 aliphatic heterocycles. The minimum absolute atomic E-state index is 0.243. The zero-order valence-electron chi connectivity index (χ0n) is 12.8. The molecule has 0 aliphatic carbocycles. The van der Waals surface area contributed by atoms with E-state index in [0.717, 1.165) is 29.5 Å². The number of piperidine rings is 1. The highest BCUT2D eigenvalue weighted by atomic mass is 16.5. The molecule has 1 aromatic heterocycles. The second-order valence-electron chi connectivity index (χ2n) is 6.46. The summed E-state index contributed by atoms with van der Waals surface area (Å²) in [5.41, 5.74) is 1.08. The molecule has 4 heteroatoms. The van der Waals surface area contributed by atoms with Gasteiger partial charge in [-0.3, -0.25) is 0 Å². The molecule has 0 saturated carbocycles. The lowest BCUT2D eigenvalue weighted by Gasteiger charge is -2.29. The van der Waals surface area contributed by atoms with Crippen molar-refractivity contribution in [2.24, 2.45) is 0 Å². The normalized spacial score (nSPS) is 27.2. The second kappa shape index (κ2) is 5.43. The molecule has 116 valence electrons. The van der Waals surface area contributed by atoms with Crippen LogP contribution in [0.4, 0.5) is 0 Å². The fraction of sp³-hybridized carbons (Fsp3) is 0.500. The third-order valence-corrected chi connectivity index (χ3v) is 4.89. The van der Waals surface area contributed by atoms with Gasteiger partial charge in [-0.25, -0.2) is 4.79 Å². The van der Waals surface area contributed by atoms with E-state index in [4.69, 9.17) is 9.15 Å². The minimum atomic E-state index is -0.243. The topological polar surface area (TPSA) is 51.5 Å². The van der Waals surface area contributed by atoms with Gasteiger partial charge in [0.2, 0.25) is 0 Å². The van der Waals surface area contributed by atoms with Crippen LogP contribution in [0.5, 0.6) is 5.75 Å². The van der Waals surface area contributed by atoms with Crippen molar-refractivity contribution in [2.75, 3.05) is 0 Å². The highest BCUT2D eigenvalue weighted by Crippen LogP contribution is 2.30. The minimum Gasteiger partial charge on any atom is -0.490 e. The monoisotopic (exact) mass is 299 g/mol. The lowest BCUT2D eigenvalue weighted by Crippen LogP contribution is -2.42. The third-order valence-electron chi connectivity index (χ3n) is 4.89. The number of hydrogen-bond acceptors (Lipinski definition) is 4. The zero-order chi connectivity index (χ0) is 15.1. The SMILES string of the molecule is CCc1cc2ccc(OC3CC4CCC(C3)N4)cc2oc1=O. The molecule has 2 atom stereocenters. The van der Waals surface area contributed by atoms with E-state index in [-0.39, 0.29) is 11.7 Å². The van der Waals surface area contributed by atoms with Crippen molar-refractivity contribution in [1.82, 2.24) is 5.32 Å². The maximum Gasteiger partial charge on any atom is 0.339 e. The number of rotatable bonds is 3. The molecular formula is C18H21NO3. The quantitative estimate of drug-likeness (QED) is 0.885. The van der Waals surface area contributed by atoms with E-state index in [1.807, 2.05) is 31.2 Å². The Kier molecular flexibility index (Phi) is 3.41. The number of hydrogen-bond donors (Lipinski definition) is 1. The van der Waals surface area contributed by atoms with Crippen LogP contribution in [0.1, 0.15) is 38.2 Å². The van der Waals surface area contributed by atoms with Crippen LogP contribution < -0.4 is 15.7 Å². The molecule has 2 unspecified atom stereocenters. The van der Waals surface area contributed by atoms with Gasteiger partial charge in [0.05, 0.1) is 0 Å². The van der Waals surface area contributed by atoms with Crippen LogP contribution in [0.2, 0.25) is 0 Å². The van der Waals surface area contributed by atoms with Crippen LogP contribution in [0, 0.1) is 0 Å². The van der Waals surface area contributed by atoms with Gasteiger partial charge >= 0.3 is 5.63 Å². The predicted molar refractivity (Wildman–Crippen MR) is 85.5 cm³/mol. The van der Waals surface area contributed by atoms with E-state index >= 15 is 0 Å². The molecular weight excluding hydrogens is 278 g/mol. The van der Waals surface area contributed by atoms with Gasteiger partial charge in [0, 0.05) is 29.1 Å². The molecule has 2 saturated heterocycles. The molecule has 0 spiro atoms. The van der Waals surface area contributed by atoms with E-state index in [0.29, 0.717) is 24.1 Å². The summed E-state index contributed by atoms with van der Waals surface area (Å²) >= 11 is 0. The smallest absolute Gasteiger partial charge is 0.339 e. The number of aryl methyl sites for hydroxylation is 1. The van der Waals surface area contributed by atoms with E-state index in [1.165, 1.54) is 12.8 Å². The largest absolute Gasteiger partial charge is 0.490 e. The van der Waals surface area contributed by atoms with Crippen LogP contribution in [0.25, 0.3) is 11.0 Å². The summed E-state index contributed by atoms with van der Waals surface area (Å²) in [6, 6.07) is 8.92. The Hall–Kier alpha value is -1.81. The number of nitrogens with one attached hydrogen (secondary N) is 1. The first-order valence-electron chi connectivity index (χ1n) is 8.21. The molecule has 2 aromatic rings. The Morgan fingerprint density at radius 2 is 2.00 bits per heavy atom. The van der Waals surface area contributed by atoms with Crippen LogP contribution >= 0.6 is 0 Å². The van der Waals surface area contributed by atoms with Gasteiger partial charge in [-0.1, -0.05) is 6.92 Å². The Morgan fingerprint density at radius 1 is 1.23 bits per heavy atom. The van der Waals surface area contributed by atoms with Crippen LogP contribution in [-0.2, 0) is 6.42 Å². The summed E-state index contributed by atoms with van der Waals surface area (Å²) in [4.78, 5) is 11.8. The summed E-state index contributed by atoms with van der Waals surface area (Å²) < 4.78 is 11.6. The highest BCUT2D eigenvalue weighted by molar-refractivity contribution is 5.78. The summed E-state index contributed by atoms with van der Waals surface area (Å²) in [6.07, 6.45) is 5.60. The highest BCUT2D eigenvalue weighted by Gasteiger charge is 2.34. The first kappa shape index (κ1) is 13.8. The van der Waals surface area contributed by atoms with Gasteiger partial charge in [0.15, 0.2) is 0 Å². The average Bonchev–Trinajstić information content (AvgIpc) is 2.85. The molecule has 2 aliphatic rings. The van der Waals surface area contributed by atoms with Crippen molar-refractivity contribution in [3.05, 3.63) is 40.2 Å². The van der Waals surface area contributed by atoms with Crippen molar-refractivity contribution in [3.63, 3.8) is 0 Å². The Balaban J connectivity index is 1.58. The molecule has 4 rings (SSSR count). The fourth-order valence-electron chi connectivity index (χ4n) is 3.75. The van der Waals surface area contributed by atoms with Gasteiger partial charge in [-0.05, 0) is 50.3 Å². The van der Waals surface area contributed by atoms with Crippen molar-refractivity contribution < 1.29 is 9.15 Å². The van der Waals surface area contributed by atoms with Crippen molar-refractivity contribution in [2.45, 2.75) is 57.2 Å². The third kappa shape index (κ3) is 2.52. The second-order valence-corrected chi connectivity index (χ2v) is 6.46. The van der Waals surface area contributed by atoms with Gasteiger partial charge in [0.1, 0.15) is 17.4 Å². The first-order valence-corrected chi connectivity index (χ1v) is 8.21. The van der Waals surface area contributed by atoms with Crippen molar-refractivity contribution in [3.8, 4) is 5.75 Å². The number of ether oxygens (including phenoxy) is 1. The zero-order valence-corrected chi connectivity index (χ0v) is 12.8. The van der Waals surface area contributed by atoms with E-state index in [2.05, 4.69) is 5.32 Å². The summed E-state index contributed by atoms with van der Waals surface area (Å²) in [5, 5.41) is 4.57. The van der Waals surface area contributed by atoms with Crippen molar-refractivity contribution >= 4 is 11.0 Å². The average molecular weight is 299 g/mol. The van der Waals surface area contributed by atoms with E-state index < -0.39 is 0 Å². The standard InChI is InChI=1S/C18H21NO3/c1-2-11-7-12-3-6-15(10-17(12)22-18(11)20)21-16-8-13-4-5-14(9-16)19-13/h3,6-7,10,13-14,16,19H,2,4-5,8-9H2,1H3. The van der Waals surface area contributed by atoms with Gasteiger partial charge in [-0.15, -0.1) is 0 Å². The lowest BCUT2D eigenvalue weighted by atomic mass is 10.0. The first-order chi connectivity index (χ1) is 10.7. The number of benzene rings is 1. The van der Waals surface area contributed by atoms with Crippen LogP contribution in [0.15, 0.2) is 33.5 Å². The molecule has 3 heterocycles. The van der Waals surface area contributed by atoms with Crippen LogP contribution in [-0.4, -0.2) is 18.2 Å². The van der Waals surface area contributed by atoms with Crippen LogP contribution in [0.3, 0.4) is 0 Å². The van der Waals surface area contributed by atoms with Crippen molar-refractivity contribution in [1.29, 1.82) is 0 Å². The molecule has 0 radical (unpaired) electrons. The van der Waals surface area contributed by atoms with E-state index in [1.54, 1.807) is 0 Å². The summed E-state index contributed by atoms with van der Waals surface area (Å²) in [6.45, 7) is 1.96. The molecule has 4 nitrogen and oxygen atoms in total.